The van der Waals surface area contributed by atoms with Crippen LogP contribution < -0.4 is 10.2 Å². The van der Waals surface area contributed by atoms with Crippen LogP contribution >= 0.6 is 0 Å². The van der Waals surface area contributed by atoms with Gasteiger partial charge >= 0.3 is 0 Å². The van der Waals surface area contributed by atoms with Crippen molar-refractivity contribution >= 4 is 11.6 Å². The summed E-state index contributed by atoms with van der Waals surface area (Å²) in [5.74, 6) is 2.88. The number of hydrogen-bond donors (Lipinski definition) is 1. The maximum absolute atomic E-state index is 4.65. The minimum Gasteiger partial charge on any atom is -0.370 e. The number of nitrogens with zero attached hydrogens (tertiary/aromatic N) is 3. The van der Waals surface area contributed by atoms with Gasteiger partial charge in [-0.15, -0.1) is 0 Å². The SMILES string of the molecule is CCCNc1cc(N(C)C(CC)CC)nc(CC)n1. The highest BCUT2D eigenvalue weighted by atomic mass is 15.2. The van der Waals surface area contributed by atoms with Crippen LogP contribution in [0, 0.1) is 0 Å². The number of aromatic nitrogens is 2. The molecule has 0 saturated heterocycles. The normalized spacial score (nSPS) is 10.8. The molecule has 0 bridgehead atoms. The van der Waals surface area contributed by atoms with E-state index in [9.17, 15) is 0 Å². The lowest BCUT2D eigenvalue weighted by Crippen LogP contribution is -2.31. The van der Waals surface area contributed by atoms with Crippen molar-refractivity contribution in [1.82, 2.24) is 9.97 Å². The Labute approximate surface area is 117 Å². The van der Waals surface area contributed by atoms with Crippen molar-refractivity contribution in [1.29, 1.82) is 0 Å². The van der Waals surface area contributed by atoms with Gasteiger partial charge in [0.25, 0.3) is 0 Å². The zero-order valence-corrected chi connectivity index (χ0v) is 13.0. The van der Waals surface area contributed by atoms with Crippen LogP contribution in [0.15, 0.2) is 6.07 Å². The first-order valence-electron chi connectivity index (χ1n) is 7.50. The van der Waals surface area contributed by atoms with Gasteiger partial charge in [0.05, 0.1) is 0 Å². The molecular weight excluding hydrogens is 236 g/mol. The first-order chi connectivity index (χ1) is 9.15. The molecule has 1 aromatic heterocycles. The second-order valence-corrected chi connectivity index (χ2v) is 4.89. The van der Waals surface area contributed by atoms with Crippen LogP contribution in [0.1, 0.15) is 52.8 Å². The van der Waals surface area contributed by atoms with E-state index in [1.54, 1.807) is 0 Å². The number of anilines is 2. The fraction of sp³-hybridized carbons (Fsp3) is 0.733. The summed E-state index contributed by atoms with van der Waals surface area (Å²) in [7, 11) is 2.13. The number of hydrogen-bond acceptors (Lipinski definition) is 4. The molecule has 0 aromatic carbocycles. The fourth-order valence-corrected chi connectivity index (χ4v) is 2.19. The molecule has 0 aliphatic rings. The van der Waals surface area contributed by atoms with Crippen LogP contribution in [-0.2, 0) is 6.42 Å². The van der Waals surface area contributed by atoms with Gasteiger partial charge in [0.1, 0.15) is 17.5 Å². The van der Waals surface area contributed by atoms with Gasteiger partial charge in [-0.2, -0.15) is 0 Å². The smallest absolute Gasteiger partial charge is 0.134 e. The Kier molecular flexibility index (Phi) is 6.60. The molecule has 0 saturated carbocycles. The summed E-state index contributed by atoms with van der Waals surface area (Å²) < 4.78 is 0. The number of aryl methyl sites for hydroxylation is 1. The first kappa shape index (κ1) is 15.7. The minimum absolute atomic E-state index is 0.540. The highest BCUT2D eigenvalue weighted by molar-refractivity contribution is 5.49. The minimum atomic E-state index is 0.540. The molecule has 4 nitrogen and oxygen atoms in total. The Hall–Kier alpha value is -1.32. The monoisotopic (exact) mass is 264 g/mol. The third-order valence-electron chi connectivity index (χ3n) is 3.48. The molecule has 1 aromatic rings. The van der Waals surface area contributed by atoms with E-state index in [2.05, 4.69) is 61.0 Å². The van der Waals surface area contributed by atoms with E-state index < -0.39 is 0 Å². The molecule has 108 valence electrons. The van der Waals surface area contributed by atoms with Gasteiger partial charge in [-0.1, -0.05) is 27.7 Å². The Morgan fingerprint density at radius 1 is 1.16 bits per heavy atom. The molecule has 0 aliphatic carbocycles. The van der Waals surface area contributed by atoms with Crippen molar-refractivity contribution in [3.63, 3.8) is 0 Å². The largest absolute Gasteiger partial charge is 0.370 e. The van der Waals surface area contributed by atoms with Gasteiger partial charge in [0.2, 0.25) is 0 Å². The predicted molar refractivity (Wildman–Crippen MR) is 83.0 cm³/mol. The maximum atomic E-state index is 4.65. The third-order valence-corrected chi connectivity index (χ3v) is 3.48. The van der Waals surface area contributed by atoms with E-state index >= 15 is 0 Å². The summed E-state index contributed by atoms with van der Waals surface area (Å²) in [5.41, 5.74) is 0. The maximum Gasteiger partial charge on any atom is 0.134 e. The highest BCUT2D eigenvalue weighted by Crippen LogP contribution is 2.19. The molecule has 19 heavy (non-hydrogen) atoms. The zero-order valence-electron chi connectivity index (χ0n) is 13.0. The summed E-state index contributed by atoms with van der Waals surface area (Å²) in [5, 5.41) is 3.36. The summed E-state index contributed by atoms with van der Waals surface area (Å²) in [4.78, 5) is 11.5. The molecule has 1 heterocycles. The fourth-order valence-electron chi connectivity index (χ4n) is 2.19. The Morgan fingerprint density at radius 3 is 2.37 bits per heavy atom. The average Bonchev–Trinajstić information content (AvgIpc) is 2.45. The zero-order chi connectivity index (χ0) is 14.3. The lowest BCUT2D eigenvalue weighted by Gasteiger charge is -2.27. The van der Waals surface area contributed by atoms with Crippen molar-refractivity contribution in [3.05, 3.63) is 11.9 Å². The standard InChI is InChI=1S/C15H28N4/c1-6-10-16-14-11-15(18-13(9-4)17-14)19(5)12(7-2)8-3/h11-12H,6-10H2,1-5H3,(H,16,17,18). The van der Waals surface area contributed by atoms with Crippen molar-refractivity contribution in [3.8, 4) is 0 Å². The van der Waals surface area contributed by atoms with E-state index in [-0.39, 0.29) is 0 Å². The molecule has 0 fully saturated rings. The summed E-state index contributed by atoms with van der Waals surface area (Å²) in [6, 6.07) is 2.60. The van der Waals surface area contributed by atoms with Crippen LogP contribution in [0.25, 0.3) is 0 Å². The van der Waals surface area contributed by atoms with E-state index in [4.69, 9.17) is 0 Å². The lowest BCUT2D eigenvalue weighted by atomic mass is 10.1. The summed E-state index contributed by atoms with van der Waals surface area (Å²) in [6.07, 6.45) is 4.24. The van der Waals surface area contributed by atoms with Crippen LogP contribution in [0.2, 0.25) is 0 Å². The molecule has 1 N–H and O–H groups in total. The number of rotatable bonds is 8. The quantitative estimate of drug-likeness (QED) is 0.780. The van der Waals surface area contributed by atoms with E-state index in [1.165, 1.54) is 0 Å². The van der Waals surface area contributed by atoms with Crippen LogP contribution in [0.5, 0.6) is 0 Å². The predicted octanol–water partition coefficient (Wildman–Crippen LogP) is 3.49. The third kappa shape index (κ3) is 4.37. The molecule has 0 amide bonds. The summed E-state index contributed by atoms with van der Waals surface area (Å²) in [6.45, 7) is 9.66. The Balaban J connectivity index is 2.98. The average molecular weight is 264 g/mol. The molecule has 0 spiro atoms. The highest BCUT2D eigenvalue weighted by Gasteiger charge is 2.14. The van der Waals surface area contributed by atoms with E-state index in [0.717, 1.165) is 49.7 Å². The second kappa shape index (κ2) is 7.97. The molecule has 0 atom stereocenters. The summed E-state index contributed by atoms with van der Waals surface area (Å²) >= 11 is 0. The molecule has 4 heteroatoms. The van der Waals surface area contributed by atoms with Gasteiger partial charge in [-0.3, -0.25) is 0 Å². The van der Waals surface area contributed by atoms with Crippen molar-refractivity contribution in [2.45, 2.75) is 59.4 Å². The van der Waals surface area contributed by atoms with Gasteiger partial charge in [0.15, 0.2) is 0 Å². The van der Waals surface area contributed by atoms with Gasteiger partial charge in [0, 0.05) is 32.1 Å². The van der Waals surface area contributed by atoms with Crippen molar-refractivity contribution in [2.75, 3.05) is 23.8 Å². The van der Waals surface area contributed by atoms with E-state index in [0.29, 0.717) is 6.04 Å². The first-order valence-corrected chi connectivity index (χ1v) is 7.50. The molecule has 0 unspecified atom stereocenters. The molecule has 0 radical (unpaired) electrons. The van der Waals surface area contributed by atoms with Crippen LogP contribution in [0.4, 0.5) is 11.6 Å². The van der Waals surface area contributed by atoms with E-state index in [1.807, 2.05) is 0 Å². The number of nitrogens with one attached hydrogen (secondary N) is 1. The topological polar surface area (TPSA) is 41.0 Å². The molecule has 0 aliphatic heterocycles. The van der Waals surface area contributed by atoms with Gasteiger partial charge < -0.3 is 10.2 Å². The van der Waals surface area contributed by atoms with Gasteiger partial charge in [-0.25, -0.2) is 9.97 Å². The lowest BCUT2D eigenvalue weighted by molar-refractivity contribution is 0.585. The van der Waals surface area contributed by atoms with Crippen LogP contribution in [0.3, 0.4) is 0 Å². The van der Waals surface area contributed by atoms with Crippen molar-refractivity contribution in [2.24, 2.45) is 0 Å². The van der Waals surface area contributed by atoms with Gasteiger partial charge in [-0.05, 0) is 19.3 Å². The second-order valence-electron chi connectivity index (χ2n) is 4.89. The van der Waals surface area contributed by atoms with Crippen molar-refractivity contribution < 1.29 is 0 Å². The molecule has 1 rings (SSSR count). The molecular formula is C15H28N4. The Bertz CT molecular complexity index is 374. The van der Waals surface area contributed by atoms with Crippen LogP contribution in [-0.4, -0.2) is 29.6 Å². The Morgan fingerprint density at radius 2 is 1.84 bits per heavy atom.